The van der Waals surface area contributed by atoms with Crippen LogP contribution < -0.4 is 14.8 Å². The van der Waals surface area contributed by atoms with Crippen molar-refractivity contribution in [1.82, 2.24) is 4.98 Å². The van der Waals surface area contributed by atoms with Crippen LogP contribution in [0.3, 0.4) is 0 Å². The van der Waals surface area contributed by atoms with E-state index in [1.165, 1.54) is 11.3 Å². The van der Waals surface area contributed by atoms with Crippen molar-refractivity contribution in [2.75, 3.05) is 19.5 Å². The number of hydrogen-bond donors (Lipinski definition) is 1. The second-order valence-electron chi connectivity index (χ2n) is 5.54. The predicted octanol–water partition coefficient (Wildman–Crippen LogP) is 6.11. The summed E-state index contributed by atoms with van der Waals surface area (Å²) in [6.07, 6.45) is 1.59. The molecule has 1 N–H and O–H groups in total. The number of hydrogen-bond acceptors (Lipinski definition) is 6. The highest BCUT2D eigenvalue weighted by Gasteiger charge is 2.12. The van der Waals surface area contributed by atoms with Crippen molar-refractivity contribution in [3.63, 3.8) is 0 Å². The fourth-order valence-corrected chi connectivity index (χ4v) is 3.72. The lowest BCUT2D eigenvalue weighted by molar-refractivity contribution is 0.395. The van der Waals surface area contributed by atoms with Gasteiger partial charge in [0, 0.05) is 28.2 Å². The Hall–Kier alpha value is -2.72. The van der Waals surface area contributed by atoms with Gasteiger partial charge in [0.25, 0.3) is 0 Å². The maximum atomic E-state index is 9.55. The maximum Gasteiger partial charge on any atom is 0.145 e. The average Bonchev–Trinajstić information content (AvgIpc) is 3.18. The molecule has 5 nitrogen and oxygen atoms in total. The Morgan fingerprint density at radius 1 is 1.18 bits per heavy atom. The average molecular weight is 432 g/mol. The van der Waals surface area contributed by atoms with Gasteiger partial charge in [0.2, 0.25) is 0 Å². The highest BCUT2D eigenvalue weighted by Crippen LogP contribution is 2.33. The van der Waals surface area contributed by atoms with Gasteiger partial charge in [-0.05, 0) is 30.3 Å². The van der Waals surface area contributed by atoms with Crippen LogP contribution in [0.25, 0.3) is 16.8 Å². The molecule has 0 aliphatic heterocycles. The number of nitriles is 1. The minimum Gasteiger partial charge on any atom is -0.497 e. The van der Waals surface area contributed by atoms with E-state index in [4.69, 9.17) is 32.7 Å². The summed E-state index contributed by atoms with van der Waals surface area (Å²) in [5.41, 5.74) is 2.54. The second-order valence-corrected chi connectivity index (χ2v) is 7.24. The van der Waals surface area contributed by atoms with Crippen LogP contribution in [0.1, 0.15) is 5.01 Å². The molecule has 0 bridgehead atoms. The molecule has 1 aromatic heterocycles. The van der Waals surface area contributed by atoms with E-state index in [1.54, 1.807) is 50.8 Å². The van der Waals surface area contributed by atoms with Crippen LogP contribution in [0.4, 0.5) is 5.69 Å². The summed E-state index contributed by atoms with van der Waals surface area (Å²) in [7, 11) is 3.15. The molecule has 0 atom stereocenters. The Labute approximate surface area is 176 Å². The molecule has 0 aliphatic carbocycles. The van der Waals surface area contributed by atoms with Crippen molar-refractivity contribution in [2.45, 2.75) is 0 Å². The topological polar surface area (TPSA) is 67.2 Å². The Kier molecular flexibility index (Phi) is 6.42. The van der Waals surface area contributed by atoms with Crippen LogP contribution in [0.15, 0.2) is 48.0 Å². The van der Waals surface area contributed by atoms with E-state index < -0.39 is 0 Å². The molecule has 3 aromatic rings. The molecule has 8 heteroatoms. The number of methoxy groups -OCH3 is 2. The number of anilines is 1. The van der Waals surface area contributed by atoms with Crippen molar-refractivity contribution in [3.8, 4) is 28.8 Å². The zero-order valence-corrected chi connectivity index (χ0v) is 17.3. The van der Waals surface area contributed by atoms with Crippen molar-refractivity contribution in [3.05, 3.63) is 63.0 Å². The lowest BCUT2D eigenvalue weighted by Gasteiger charge is -2.10. The van der Waals surface area contributed by atoms with Gasteiger partial charge in [-0.3, -0.25) is 0 Å². The SMILES string of the molecule is COc1ccc(N/C=C(/C#N)c2nc(-c3ccc(Cl)cc3Cl)cs2)c(OC)c1. The zero-order valence-electron chi connectivity index (χ0n) is 15.0. The van der Waals surface area contributed by atoms with Gasteiger partial charge in [-0.2, -0.15) is 5.26 Å². The molecule has 0 spiro atoms. The van der Waals surface area contributed by atoms with Crippen LogP contribution in [-0.2, 0) is 0 Å². The van der Waals surface area contributed by atoms with E-state index in [1.807, 2.05) is 11.4 Å². The van der Waals surface area contributed by atoms with Gasteiger partial charge in [-0.25, -0.2) is 4.98 Å². The van der Waals surface area contributed by atoms with Crippen LogP contribution in [-0.4, -0.2) is 19.2 Å². The van der Waals surface area contributed by atoms with Crippen molar-refractivity contribution < 1.29 is 9.47 Å². The first-order valence-electron chi connectivity index (χ1n) is 8.06. The van der Waals surface area contributed by atoms with Crippen molar-refractivity contribution in [1.29, 1.82) is 5.26 Å². The number of halogens is 2. The third kappa shape index (κ3) is 4.39. The molecule has 3 rings (SSSR count). The fraction of sp³-hybridized carbons (Fsp3) is 0.100. The quantitative estimate of drug-likeness (QED) is 0.476. The minimum absolute atomic E-state index is 0.388. The number of allylic oxidation sites excluding steroid dienone is 1. The second kappa shape index (κ2) is 8.98. The Bertz CT molecular complexity index is 1070. The first kappa shape index (κ1) is 20.0. The summed E-state index contributed by atoms with van der Waals surface area (Å²) in [4.78, 5) is 4.53. The van der Waals surface area contributed by atoms with Crippen molar-refractivity contribution >= 4 is 45.8 Å². The van der Waals surface area contributed by atoms with Crippen LogP contribution in [0.5, 0.6) is 11.5 Å². The van der Waals surface area contributed by atoms with Crippen LogP contribution in [0, 0.1) is 11.3 Å². The summed E-state index contributed by atoms with van der Waals surface area (Å²) in [5, 5.41) is 16.1. The predicted molar refractivity (Wildman–Crippen MR) is 114 cm³/mol. The largest absolute Gasteiger partial charge is 0.497 e. The van der Waals surface area contributed by atoms with Gasteiger partial charge in [0.15, 0.2) is 0 Å². The van der Waals surface area contributed by atoms with E-state index in [0.29, 0.717) is 43.5 Å². The highest BCUT2D eigenvalue weighted by molar-refractivity contribution is 7.11. The van der Waals surface area contributed by atoms with E-state index in [0.717, 1.165) is 5.56 Å². The molecule has 0 amide bonds. The summed E-state index contributed by atoms with van der Waals surface area (Å²) in [6, 6.07) is 12.7. The number of nitrogens with one attached hydrogen (secondary N) is 1. The number of nitrogens with zero attached hydrogens (tertiary/aromatic N) is 2. The van der Waals surface area contributed by atoms with E-state index >= 15 is 0 Å². The zero-order chi connectivity index (χ0) is 20.1. The molecule has 0 saturated carbocycles. The van der Waals surface area contributed by atoms with Crippen molar-refractivity contribution in [2.24, 2.45) is 0 Å². The molecule has 2 aromatic carbocycles. The summed E-state index contributed by atoms with van der Waals surface area (Å²) in [5.74, 6) is 1.27. The van der Waals surface area contributed by atoms with Crippen LogP contribution >= 0.6 is 34.5 Å². The number of ether oxygens (including phenoxy) is 2. The smallest absolute Gasteiger partial charge is 0.145 e. The molecule has 0 saturated heterocycles. The van der Waals surface area contributed by atoms with E-state index in [9.17, 15) is 5.26 Å². The monoisotopic (exact) mass is 431 g/mol. The standard InChI is InChI=1S/C20H15Cl2N3O2S/c1-26-14-4-6-17(19(8-14)27-2)24-10-12(9-23)20-25-18(11-28-20)15-5-3-13(21)7-16(15)22/h3-8,10-11,24H,1-2H3/b12-10-. The Morgan fingerprint density at radius 3 is 2.68 bits per heavy atom. The summed E-state index contributed by atoms with van der Waals surface area (Å²) >= 11 is 13.6. The first-order valence-corrected chi connectivity index (χ1v) is 9.69. The van der Waals surface area contributed by atoms with E-state index in [-0.39, 0.29) is 0 Å². The molecule has 0 unspecified atom stereocenters. The molecular formula is C20H15Cl2N3O2S. The normalized spacial score (nSPS) is 11.0. The van der Waals surface area contributed by atoms with Crippen LogP contribution in [0.2, 0.25) is 10.0 Å². The molecule has 28 heavy (non-hydrogen) atoms. The van der Waals surface area contributed by atoms with Gasteiger partial charge >= 0.3 is 0 Å². The Balaban J connectivity index is 1.86. The van der Waals surface area contributed by atoms with Gasteiger partial charge in [0.05, 0.1) is 30.6 Å². The fourth-order valence-electron chi connectivity index (χ4n) is 2.43. The summed E-state index contributed by atoms with van der Waals surface area (Å²) in [6.45, 7) is 0. The maximum absolute atomic E-state index is 9.55. The van der Waals surface area contributed by atoms with Gasteiger partial charge in [-0.1, -0.05) is 23.2 Å². The van der Waals surface area contributed by atoms with Gasteiger partial charge < -0.3 is 14.8 Å². The lowest BCUT2D eigenvalue weighted by atomic mass is 10.2. The number of rotatable bonds is 6. The minimum atomic E-state index is 0.388. The molecule has 0 fully saturated rings. The third-order valence-electron chi connectivity index (χ3n) is 3.84. The third-order valence-corrected chi connectivity index (χ3v) is 5.27. The summed E-state index contributed by atoms with van der Waals surface area (Å²) < 4.78 is 10.5. The van der Waals surface area contributed by atoms with Gasteiger partial charge in [0.1, 0.15) is 28.1 Å². The number of thiazole rings is 1. The van der Waals surface area contributed by atoms with E-state index in [2.05, 4.69) is 16.4 Å². The Morgan fingerprint density at radius 2 is 2.00 bits per heavy atom. The van der Waals surface area contributed by atoms with Gasteiger partial charge in [-0.15, -0.1) is 11.3 Å². The lowest BCUT2D eigenvalue weighted by Crippen LogP contribution is -1.95. The molecular weight excluding hydrogens is 417 g/mol. The number of aromatic nitrogens is 1. The highest BCUT2D eigenvalue weighted by atomic mass is 35.5. The molecule has 0 aliphatic rings. The molecule has 0 radical (unpaired) electrons. The molecule has 142 valence electrons. The molecule has 1 heterocycles. The number of benzene rings is 2. The first-order chi connectivity index (χ1) is 13.5.